The maximum absolute atomic E-state index is 6.78. The lowest BCUT2D eigenvalue weighted by molar-refractivity contribution is 0.668. The quantitative estimate of drug-likeness (QED) is 0.197. The highest BCUT2D eigenvalue weighted by molar-refractivity contribution is 6.24. The number of aromatic nitrogens is 1. The van der Waals surface area contributed by atoms with Crippen molar-refractivity contribution in [1.29, 1.82) is 0 Å². The lowest BCUT2D eigenvalue weighted by atomic mass is 9.94. The van der Waals surface area contributed by atoms with E-state index in [-0.39, 0.29) is 6.17 Å². The summed E-state index contributed by atoms with van der Waals surface area (Å²) in [6.07, 6.45) is 1.58. The molecule has 1 N–H and O–H groups in total. The van der Waals surface area contributed by atoms with Gasteiger partial charge >= 0.3 is 0 Å². The molecule has 53 heavy (non-hydrogen) atoms. The van der Waals surface area contributed by atoms with Crippen LogP contribution in [-0.2, 0) is 0 Å². The minimum atomic E-state index is -0.361. The summed E-state index contributed by atoms with van der Waals surface area (Å²) in [5.74, 6) is 1.29. The summed E-state index contributed by atoms with van der Waals surface area (Å²) < 4.78 is 6.78. The van der Waals surface area contributed by atoms with Crippen LogP contribution in [0.5, 0.6) is 0 Å². The third-order valence-electron chi connectivity index (χ3n) is 10.6. The highest BCUT2D eigenvalue weighted by atomic mass is 16.3. The molecule has 248 valence electrons. The van der Waals surface area contributed by atoms with Crippen LogP contribution in [-0.4, -0.2) is 16.7 Å². The zero-order valence-corrected chi connectivity index (χ0v) is 28.5. The molecule has 0 radical (unpaired) electrons. The van der Waals surface area contributed by atoms with E-state index in [0.29, 0.717) is 11.5 Å². The van der Waals surface area contributed by atoms with Crippen molar-refractivity contribution in [1.82, 2.24) is 10.3 Å². The van der Waals surface area contributed by atoms with Gasteiger partial charge in [0.15, 0.2) is 5.84 Å². The molecule has 7 aromatic carbocycles. The number of amidine groups is 2. The van der Waals surface area contributed by atoms with Gasteiger partial charge in [-0.1, -0.05) is 158 Å². The monoisotopic (exact) mass is 678 g/mol. The van der Waals surface area contributed by atoms with Crippen LogP contribution in [0.2, 0.25) is 0 Å². The van der Waals surface area contributed by atoms with Crippen LogP contribution in [0.4, 0.5) is 0 Å². The molecule has 0 saturated carbocycles. The average molecular weight is 679 g/mol. The summed E-state index contributed by atoms with van der Waals surface area (Å²) >= 11 is 0. The van der Waals surface area contributed by atoms with E-state index in [9.17, 15) is 0 Å². The molecule has 9 aromatic rings. The normalized spacial score (nSPS) is 14.6. The van der Waals surface area contributed by atoms with Crippen molar-refractivity contribution in [2.75, 3.05) is 0 Å². The Balaban J connectivity index is 1.11. The summed E-state index contributed by atoms with van der Waals surface area (Å²) in [7, 11) is 0. The number of furan rings is 1. The second-order valence-corrected chi connectivity index (χ2v) is 13.6. The van der Waals surface area contributed by atoms with Crippen molar-refractivity contribution in [3.63, 3.8) is 0 Å². The van der Waals surface area contributed by atoms with Crippen molar-refractivity contribution < 1.29 is 4.42 Å². The van der Waals surface area contributed by atoms with Crippen LogP contribution in [0.25, 0.3) is 77.2 Å². The second kappa shape index (κ2) is 11.7. The first-order valence-electron chi connectivity index (χ1n) is 17.9. The predicted molar refractivity (Wildman–Crippen MR) is 216 cm³/mol. The number of aliphatic imine (C=N–C) groups is 2. The number of hydrogen-bond acceptors (Lipinski definition) is 5. The number of benzene rings is 7. The second-order valence-electron chi connectivity index (χ2n) is 13.6. The minimum absolute atomic E-state index is 0.361. The van der Waals surface area contributed by atoms with Crippen LogP contribution in [0.15, 0.2) is 184 Å². The van der Waals surface area contributed by atoms with Crippen molar-refractivity contribution in [2.24, 2.45) is 9.98 Å². The first-order valence-corrected chi connectivity index (χ1v) is 17.9. The Kier molecular flexibility index (Phi) is 6.55. The largest absolute Gasteiger partial charge is 0.455 e. The zero-order chi connectivity index (χ0) is 34.9. The first kappa shape index (κ1) is 29.6. The van der Waals surface area contributed by atoms with E-state index in [1.165, 1.54) is 38.6 Å². The Morgan fingerprint density at radius 3 is 1.91 bits per heavy atom. The number of nitrogens with zero attached hydrogens (tertiary/aromatic N) is 3. The Morgan fingerprint density at radius 1 is 0.472 bits per heavy atom. The predicted octanol–water partition coefficient (Wildman–Crippen LogP) is 11.6. The van der Waals surface area contributed by atoms with Crippen molar-refractivity contribution in [3.05, 3.63) is 187 Å². The molecule has 5 heteroatoms. The lowest BCUT2D eigenvalue weighted by Crippen LogP contribution is -2.33. The Hall–Kier alpha value is -7.11. The number of para-hydroxylation sites is 1. The van der Waals surface area contributed by atoms with E-state index < -0.39 is 0 Å². The van der Waals surface area contributed by atoms with Gasteiger partial charge in [0.2, 0.25) is 0 Å². The molecule has 0 fully saturated rings. The molecule has 0 bridgehead atoms. The third-order valence-corrected chi connectivity index (χ3v) is 10.6. The fourth-order valence-electron chi connectivity index (χ4n) is 8.08. The molecule has 1 unspecified atom stereocenters. The van der Waals surface area contributed by atoms with Crippen LogP contribution < -0.4 is 5.32 Å². The fourth-order valence-corrected chi connectivity index (χ4v) is 8.08. The highest BCUT2D eigenvalue weighted by Gasteiger charge is 2.28. The zero-order valence-electron chi connectivity index (χ0n) is 28.5. The van der Waals surface area contributed by atoms with Crippen LogP contribution >= 0.6 is 0 Å². The topological polar surface area (TPSA) is 62.8 Å². The molecule has 0 amide bonds. The van der Waals surface area contributed by atoms with Gasteiger partial charge in [-0.3, -0.25) is 4.98 Å². The molecular formula is C48H30N4O. The standard InChI is InChI=1S/C48H30N4O/c1-3-12-29(13-4-1)30-22-24-32(25-23-30)47-50-46(31-14-5-2-6-15-31)51-48(52-47)44-43-39-18-9-10-21-41(39)53-45(43)40(28-49-44)35-26-27-38-34-17-8-7-16-33(34)36-19-11-20-37(35)42(36)38/h1-28,46H,(H,50,51,52). The summed E-state index contributed by atoms with van der Waals surface area (Å²) in [5, 5.41) is 7.94. The molecule has 1 atom stereocenters. The van der Waals surface area contributed by atoms with Crippen LogP contribution in [0.3, 0.4) is 0 Å². The van der Waals surface area contributed by atoms with E-state index in [2.05, 4.69) is 127 Å². The summed E-state index contributed by atoms with van der Waals surface area (Å²) in [4.78, 5) is 15.6. The average Bonchev–Trinajstić information content (AvgIpc) is 3.79. The number of nitrogens with one attached hydrogen (secondary N) is 1. The summed E-state index contributed by atoms with van der Waals surface area (Å²) in [5.41, 5.74) is 13.7. The van der Waals surface area contributed by atoms with Crippen molar-refractivity contribution in [3.8, 4) is 44.5 Å². The first-order chi connectivity index (χ1) is 26.3. The van der Waals surface area contributed by atoms with Gasteiger partial charge in [-0.05, 0) is 61.3 Å². The molecule has 2 aliphatic rings. The molecule has 0 saturated heterocycles. The fraction of sp³-hybridized carbons (Fsp3) is 0.0208. The van der Waals surface area contributed by atoms with Gasteiger partial charge in [-0.15, -0.1) is 0 Å². The number of hydrogen-bond donors (Lipinski definition) is 1. The van der Waals surface area contributed by atoms with E-state index in [1.807, 2.05) is 48.7 Å². The molecule has 5 nitrogen and oxygen atoms in total. The molecule has 1 aliphatic carbocycles. The SMILES string of the molecule is c1ccc(-c2ccc(C3=NC(c4ncc(-c5ccc6c7c(cccc57)-c5ccccc5-6)c5oc6ccccc6c45)=NC(c4ccccc4)N3)cc2)cc1. The molecule has 1 aliphatic heterocycles. The molecule has 2 aromatic heterocycles. The highest BCUT2D eigenvalue weighted by Crippen LogP contribution is 2.50. The number of fused-ring (bicyclic) bond motifs is 6. The minimum Gasteiger partial charge on any atom is -0.455 e. The van der Waals surface area contributed by atoms with Gasteiger partial charge in [0.25, 0.3) is 0 Å². The third kappa shape index (κ3) is 4.68. The van der Waals surface area contributed by atoms with Crippen molar-refractivity contribution >= 4 is 44.4 Å². The summed E-state index contributed by atoms with van der Waals surface area (Å²) in [6, 6.07) is 57.1. The van der Waals surface area contributed by atoms with Gasteiger partial charge in [0.1, 0.15) is 28.9 Å². The summed E-state index contributed by atoms with van der Waals surface area (Å²) in [6.45, 7) is 0. The van der Waals surface area contributed by atoms with Gasteiger partial charge in [0.05, 0.1) is 5.39 Å². The lowest BCUT2D eigenvalue weighted by Gasteiger charge is -2.23. The Morgan fingerprint density at radius 2 is 1.09 bits per heavy atom. The molecule has 11 rings (SSSR count). The number of rotatable bonds is 5. The molecule has 0 spiro atoms. The van der Waals surface area contributed by atoms with E-state index in [4.69, 9.17) is 19.4 Å². The van der Waals surface area contributed by atoms with E-state index >= 15 is 0 Å². The van der Waals surface area contributed by atoms with Gasteiger partial charge in [-0.25, -0.2) is 9.98 Å². The van der Waals surface area contributed by atoms with Crippen LogP contribution in [0.1, 0.15) is 23.0 Å². The van der Waals surface area contributed by atoms with Gasteiger partial charge in [0, 0.05) is 22.7 Å². The Bertz CT molecular complexity index is 2930. The van der Waals surface area contributed by atoms with Gasteiger partial charge in [-0.2, -0.15) is 0 Å². The smallest absolute Gasteiger partial charge is 0.178 e. The van der Waals surface area contributed by atoms with Crippen molar-refractivity contribution in [2.45, 2.75) is 6.17 Å². The maximum Gasteiger partial charge on any atom is 0.178 e. The number of pyridine rings is 1. The molecular weight excluding hydrogens is 649 g/mol. The van der Waals surface area contributed by atoms with Gasteiger partial charge < -0.3 is 9.73 Å². The molecule has 3 heterocycles. The van der Waals surface area contributed by atoms with E-state index in [1.54, 1.807) is 0 Å². The van der Waals surface area contributed by atoms with Crippen LogP contribution in [0, 0.1) is 0 Å². The maximum atomic E-state index is 6.78. The Labute approximate surface area is 305 Å². The van der Waals surface area contributed by atoms with E-state index in [0.717, 1.165) is 55.6 Å².